The van der Waals surface area contributed by atoms with E-state index < -0.39 is 12.1 Å². The molecule has 2 aromatic rings. The molecule has 0 aliphatic heterocycles. The van der Waals surface area contributed by atoms with E-state index in [4.69, 9.17) is 5.73 Å². The van der Waals surface area contributed by atoms with Crippen molar-refractivity contribution in [1.82, 2.24) is 5.32 Å². The van der Waals surface area contributed by atoms with E-state index in [0.29, 0.717) is 5.69 Å². The molecule has 0 heterocycles. The van der Waals surface area contributed by atoms with E-state index in [1.54, 1.807) is 0 Å². The maximum absolute atomic E-state index is 12.4. The van der Waals surface area contributed by atoms with Crippen LogP contribution in [-0.4, -0.2) is 18.0 Å². The summed E-state index contributed by atoms with van der Waals surface area (Å²) in [7, 11) is 0. The van der Waals surface area contributed by atoms with Gasteiger partial charge in [-0.25, -0.2) is 4.79 Å². The molecule has 0 radical (unpaired) electrons. The van der Waals surface area contributed by atoms with Gasteiger partial charge in [-0.2, -0.15) is 0 Å². The maximum Gasteiger partial charge on any atom is 0.312 e. The number of urea groups is 1. The molecular weight excluding hydrogens is 302 g/mol. The third kappa shape index (κ3) is 4.59. The van der Waals surface area contributed by atoms with Gasteiger partial charge >= 0.3 is 6.03 Å². The summed E-state index contributed by atoms with van der Waals surface area (Å²) in [6, 6.07) is 16.2. The Kier molecular flexibility index (Phi) is 5.95. The number of carbonyl (C=O) groups is 2. The average Bonchev–Trinajstić information content (AvgIpc) is 2.60. The summed E-state index contributed by atoms with van der Waals surface area (Å²) in [5.41, 5.74) is 8.04. The molecular formula is C19H23N3O2. The second kappa shape index (κ2) is 8.15. The number of benzene rings is 2. The molecule has 126 valence electrons. The Bertz CT molecular complexity index is 684. The van der Waals surface area contributed by atoms with Crippen LogP contribution in [0.3, 0.4) is 0 Å². The van der Waals surface area contributed by atoms with Crippen molar-refractivity contribution in [3.8, 4) is 11.1 Å². The fraction of sp³-hybridized carbons (Fsp3) is 0.263. The lowest BCUT2D eigenvalue weighted by atomic mass is 9.98. The van der Waals surface area contributed by atoms with E-state index in [-0.39, 0.29) is 11.8 Å². The molecule has 0 saturated carbocycles. The lowest BCUT2D eigenvalue weighted by molar-refractivity contribution is -0.119. The Labute approximate surface area is 142 Å². The topological polar surface area (TPSA) is 84.2 Å². The molecule has 0 fully saturated rings. The number of hydrogen-bond acceptors (Lipinski definition) is 2. The lowest BCUT2D eigenvalue weighted by Gasteiger charge is -2.22. The van der Waals surface area contributed by atoms with Gasteiger partial charge in [0.25, 0.3) is 0 Å². The number of nitrogens with two attached hydrogens (primary N) is 1. The monoisotopic (exact) mass is 325 g/mol. The minimum Gasteiger partial charge on any atom is -0.352 e. The van der Waals surface area contributed by atoms with Gasteiger partial charge < -0.3 is 16.4 Å². The van der Waals surface area contributed by atoms with Crippen LogP contribution < -0.4 is 16.4 Å². The molecule has 2 aromatic carbocycles. The third-order valence-corrected chi connectivity index (χ3v) is 4.05. The Hall–Kier alpha value is -2.82. The molecule has 0 spiro atoms. The zero-order valence-corrected chi connectivity index (χ0v) is 14.0. The van der Waals surface area contributed by atoms with Crippen molar-refractivity contribution in [1.29, 1.82) is 0 Å². The van der Waals surface area contributed by atoms with E-state index in [1.165, 1.54) is 0 Å². The van der Waals surface area contributed by atoms with Crippen LogP contribution in [0, 0.1) is 5.92 Å². The van der Waals surface area contributed by atoms with Crippen molar-refractivity contribution in [3.63, 3.8) is 0 Å². The minimum atomic E-state index is -0.699. The van der Waals surface area contributed by atoms with E-state index in [2.05, 4.69) is 10.6 Å². The van der Waals surface area contributed by atoms with E-state index in [1.807, 2.05) is 68.4 Å². The summed E-state index contributed by atoms with van der Waals surface area (Å²) in [5.74, 6) is -0.281. The highest BCUT2D eigenvalue weighted by Gasteiger charge is 2.25. The standard InChI is InChI=1S/C19H23N3O2/c1-3-13(2)17(22-19(20)24)18(23)21-16-11-9-15(10-12-16)14-7-5-4-6-8-14/h4-13,17H,3H2,1-2H3,(H,21,23)(H3,20,22,24). The number of amides is 3. The minimum absolute atomic E-state index is 0.0129. The van der Waals surface area contributed by atoms with Gasteiger partial charge in [0.05, 0.1) is 0 Å². The van der Waals surface area contributed by atoms with Crippen molar-refractivity contribution < 1.29 is 9.59 Å². The summed E-state index contributed by atoms with van der Waals surface area (Å²) in [6.45, 7) is 3.86. The van der Waals surface area contributed by atoms with Crippen LogP contribution in [0.15, 0.2) is 54.6 Å². The normalized spacial score (nSPS) is 12.9. The van der Waals surface area contributed by atoms with Crippen LogP contribution in [-0.2, 0) is 4.79 Å². The molecule has 0 aliphatic carbocycles. The summed E-state index contributed by atoms with van der Waals surface area (Å²) < 4.78 is 0. The fourth-order valence-electron chi connectivity index (χ4n) is 2.45. The highest BCUT2D eigenvalue weighted by molar-refractivity contribution is 5.97. The Balaban J connectivity index is 2.09. The number of nitrogens with one attached hydrogen (secondary N) is 2. The van der Waals surface area contributed by atoms with Gasteiger partial charge in [0.2, 0.25) is 5.91 Å². The second-order valence-electron chi connectivity index (χ2n) is 5.80. The van der Waals surface area contributed by atoms with E-state index in [9.17, 15) is 9.59 Å². The smallest absolute Gasteiger partial charge is 0.312 e. The molecule has 24 heavy (non-hydrogen) atoms. The molecule has 5 nitrogen and oxygen atoms in total. The zero-order valence-electron chi connectivity index (χ0n) is 14.0. The Morgan fingerprint density at radius 2 is 1.58 bits per heavy atom. The summed E-state index contributed by atoms with van der Waals surface area (Å²) in [4.78, 5) is 23.5. The first kappa shape index (κ1) is 17.5. The molecule has 2 rings (SSSR count). The molecule has 2 atom stereocenters. The Morgan fingerprint density at radius 3 is 2.12 bits per heavy atom. The molecule has 0 bridgehead atoms. The highest BCUT2D eigenvalue weighted by Crippen LogP contribution is 2.21. The molecule has 0 aliphatic rings. The maximum atomic E-state index is 12.4. The Morgan fingerprint density at radius 1 is 1.00 bits per heavy atom. The zero-order chi connectivity index (χ0) is 17.5. The first-order chi connectivity index (χ1) is 11.5. The number of hydrogen-bond donors (Lipinski definition) is 3. The van der Waals surface area contributed by atoms with Crippen LogP contribution in [0.25, 0.3) is 11.1 Å². The molecule has 0 aromatic heterocycles. The molecule has 4 N–H and O–H groups in total. The van der Waals surface area contributed by atoms with Gasteiger partial charge in [0.15, 0.2) is 0 Å². The SMILES string of the molecule is CCC(C)C(NC(N)=O)C(=O)Nc1ccc(-c2ccccc2)cc1. The largest absolute Gasteiger partial charge is 0.352 e. The second-order valence-corrected chi connectivity index (χ2v) is 5.80. The van der Waals surface area contributed by atoms with Crippen LogP contribution in [0.1, 0.15) is 20.3 Å². The van der Waals surface area contributed by atoms with Crippen molar-refractivity contribution in [2.24, 2.45) is 11.7 Å². The van der Waals surface area contributed by atoms with E-state index >= 15 is 0 Å². The van der Waals surface area contributed by atoms with Gasteiger partial charge in [-0.3, -0.25) is 4.79 Å². The number of carbonyl (C=O) groups excluding carboxylic acids is 2. The van der Waals surface area contributed by atoms with Crippen LogP contribution in [0.2, 0.25) is 0 Å². The third-order valence-electron chi connectivity index (χ3n) is 4.05. The van der Waals surface area contributed by atoms with Crippen LogP contribution >= 0.6 is 0 Å². The van der Waals surface area contributed by atoms with Crippen molar-refractivity contribution in [2.45, 2.75) is 26.3 Å². The molecule has 3 amide bonds. The quantitative estimate of drug-likeness (QED) is 0.760. The first-order valence-electron chi connectivity index (χ1n) is 8.03. The van der Waals surface area contributed by atoms with Crippen molar-refractivity contribution >= 4 is 17.6 Å². The van der Waals surface area contributed by atoms with Crippen LogP contribution in [0.4, 0.5) is 10.5 Å². The summed E-state index contributed by atoms with van der Waals surface area (Å²) in [6.07, 6.45) is 0.755. The summed E-state index contributed by atoms with van der Waals surface area (Å²) >= 11 is 0. The predicted molar refractivity (Wildman–Crippen MR) is 96.5 cm³/mol. The van der Waals surface area contributed by atoms with Crippen molar-refractivity contribution in [3.05, 3.63) is 54.6 Å². The predicted octanol–water partition coefficient (Wildman–Crippen LogP) is 3.38. The van der Waals surface area contributed by atoms with Gasteiger partial charge in [-0.05, 0) is 29.2 Å². The summed E-state index contributed by atoms with van der Waals surface area (Å²) in [5, 5.41) is 5.35. The molecule has 5 heteroatoms. The molecule has 2 unspecified atom stereocenters. The molecule has 0 saturated heterocycles. The van der Waals surface area contributed by atoms with Crippen LogP contribution in [0.5, 0.6) is 0 Å². The van der Waals surface area contributed by atoms with Gasteiger partial charge in [-0.1, -0.05) is 62.7 Å². The average molecular weight is 325 g/mol. The first-order valence-corrected chi connectivity index (χ1v) is 8.03. The lowest BCUT2D eigenvalue weighted by Crippen LogP contribution is -2.49. The highest BCUT2D eigenvalue weighted by atomic mass is 16.2. The van der Waals surface area contributed by atoms with E-state index in [0.717, 1.165) is 17.5 Å². The number of anilines is 1. The number of rotatable bonds is 6. The van der Waals surface area contributed by atoms with Gasteiger partial charge in [0, 0.05) is 5.69 Å². The number of primary amides is 1. The van der Waals surface area contributed by atoms with Gasteiger partial charge in [-0.15, -0.1) is 0 Å². The van der Waals surface area contributed by atoms with Crippen molar-refractivity contribution in [2.75, 3.05) is 5.32 Å². The fourth-order valence-corrected chi connectivity index (χ4v) is 2.45. The van der Waals surface area contributed by atoms with Gasteiger partial charge in [0.1, 0.15) is 6.04 Å².